The van der Waals surface area contributed by atoms with Crippen molar-refractivity contribution in [3.05, 3.63) is 28.5 Å². The van der Waals surface area contributed by atoms with E-state index in [2.05, 4.69) is 39.7 Å². The maximum absolute atomic E-state index is 10.7. The minimum atomic E-state index is -0.378. The Hall–Kier alpha value is -0.450. The monoisotopic (exact) mass is 340 g/mol. The van der Waals surface area contributed by atoms with E-state index in [0.29, 0.717) is 6.42 Å². The number of halogens is 1. The van der Waals surface area contributed by atoms with Gasteiger partial charge in [-0.1, -0.05) is 12.8 Å². The fourth-order valence-corrected chi connectivity index (χ4v) is 3.31. The van der Waals surface area contributed by atoms with Gasteiger partial charge in [-0.25, -0.2) is 0 Å². The molecule has 1 fully saturated rings. The molecule has 3 nitrogen and oxygen atoms in total. The molecule has 0 amide bonds. The van der Waals surface area contributed by atoms with Crippen LogP contribution in [-0.2, 0) is 6.42 Å². The number of aromatic nitrogens is 1. The summed E-state index contributed by atoms with van der Waals surface area (Å²) in [7, 11) is 0. The molecule has 20 heavy (non-hydrogen) atoms. The van der Waals surface area contributed by atoms with Crippen LogP contribution >= 0.6 is 15.9 Å². The van der Waals surface area contributed by atoms with Gasteiger partial charge >= 0.3 is 0 Å². The summed E-state index contributed by atoms with van der Waals surface area (Å²) in [6, 6.07) is 2.04. The second-order valence-electron chi connectivity index (χ2n) is 6.29. The third kappa shape index (κ3) is 4.03. The van der Waals surface area contributed by atoms with Gasteiger partial charge in [0, 0.05) is 28.8 Å². The summed E-state index contributed by atoms with van der Waals surface area (Å²) in [5.41, 5.74) is 0.891. The van der Waals surface area contributed by atoms with Crippen molar-refractivity contribution >= 4 is 15.9 Å². The van der Waals surface area contributed by atoms with E-state index in [1.54, 1.807) is 6.20 Å². The molecule has 0 saturated carbocycles. The van der Waals surface area contributed by atoms with Gasteiger partial charge in [0.2, 0.25) is 0 Å². The Labute approximate surface area is 130 Å². The zero-order chi connectivity index (χ0) is 14.6. The molecule has 112 valence electrons. The largest absolute Gasteiger partial charge is 0.391 e. The highest BCUT2D eigenvalue weighted by molar-refractivity contribution is 9.10. The van der Waals surface area contributed by atoms with Crippen LogP contribution in [0.5, 0.6) is 0 Å². The third-order valence-corrected chi connectivity index (χ3v) is 4.86. The highest BCUT2D eigenvalue weighted by Gasteiger charge is 2.34. The lowest BCUT2D eigenvalue weighted by Gasteiger charge is -2.41. The Morgan fingerprint density at radius 2 is 1.90 bits per heavy atom. The van der Waals surface area contributed by atoms with Crippen LogP contribution in [0, 0.1) is 0 Å². The first-order chi connectivity index (χ1) is 9.50. The van der Waals surface area contributed by atoms with Crippen LogP contribution < -0.4 is 0 Å². The van der Waals surface area contributed by atoms with E-state index in [-0.39, 0.29) is 11.6 Å². The summed E-state index contributed by atoms with van der Waals surface area (Å²) in [4.78, 5) is 6.63. The summed E-state index contributed by atoms with van der Waals surface area (Å²) in [6.45, 7) is 6.52. The molecule has 0 radical (unpaired) electrons. The fourth-order valence-electron chi connectivity index (χ4n) is 2.90. The lowest BCUT2D eigenvalue weighted by molar-refractivity contribution is -0.00790. The summed E-state index contributed by atoms with van der Waals surface area (Å²) < 4.78 is 0.967. The van der Waals surface area contributed by atoms with Crippen LogP contribution in [0.25, 0.3) is 0 Å². The first kappa shape index (κ1) is 15.9. The molecular weight excluding hydrogens is 316 g/mol. The molecule has 1 aliphatic rings. The van der Waals surface area contributed by atoms with Gasteiger partial charge in [0.05, 0.1) is 6.10 Å². The zero-order valence-electron chi connectivity index (χ0n) is 12.5. The van der Waals surface area contributed by atoms with Crippen LogP contribution in [0.3, 0.4) is 0 Å². The molecule has 1 N–H and O–H groups in total. The number of hydrogen-bond donors (Lipinski definition) is 1. The van der Waals surface area contributed by atoms with Crippen molar-refractivity contribution in [3.63, 3.8) is 0 Å². The number of pyridine rings is 1. The topological polar surface area (TPSA) is 36.4 Å². The summed E-state index contributed by atoms with van der Waals surface area (Å²) in [5.74, 6) is 0. The van der Waals surface area contributed by atoms with Gasteiger partial charge < -0.3 is 5.11 Å². The van der Waals surface area contributed by atoms with Crippen molar-refractivity contribution in [1.29, 1.82) is 0 Å². The maximum atomic E-state index is 10.7. The molecule has 1 saturated heterocycles. The normalized spacial score (nSPS) is 19.6. The van der Waals surface area contributed by atoms with Crippen LogP contribution in [0.2, 0.25) is 0 Å². The SMILES string of the molecule is CC(C)(C(O)Cc1cncc(Br)c1)N1CCCCCC1. The van der Waals surface area contributed by atoms with Crippen molar-refractivity contribution < 1.29 is 5.11 Å². The lowest BCUT2D eigenvalue weighted by Crippen LogP contribution is -2.53. The molecule has 2 rings (SSSR count). The number of aliphatic hydroxyl groups is 1. The second kappa shape index (κ2) is 7.01. The first-order valence-corrected chi connectivity index (χ1v) is 8.32. The lowest BCUT2D eigenvalue weighted by atomic mass is 9.90. The molecule has 0 aliphatic carbocycles. The Morgan fingerprint density at radius 1 is 1.25 bits per heavy atom. The van der Waals surface area contributed by atoms with Gasteiger partial charge in [0.25, 0.3) is 0 Å². The van der Waals surface area contributed by atoms with Crippen LogP contribution in [0.4, 0.5) is 0 Å². The molecule has 1 unspecified atom stereocenters. The van der Waals surface area contributed by atoms with E-state index in [1.165, 1.54) is 25.7 Å². The summed E-state index contributed by atoms with van der Waals surface area (Å²) >= 11 is 3.43. The van der Waals surface area contributed by atoms with Crippen LogP contribution in [0.1, 0.15) is 45.1 Å². The fraction of sp³-hybridized carbons (Fsp3) is 0.688. The van der Waals surface area contributed by atoms with Gasteiger partial charge in [-0.3, -0.25) is 9.88 Å². The molecule has 1 aromatic rings. The predicted octanol–water partition coefficient (Wildman–Crippen LogP) is 3.40. The molecule has 1 aromatic heterocycles. The highest BCUT2D eigenvalue weighted by Crippen LogP contribution is 2.25. The highest BCUT2D eigenvalue weighted by atomic mass is 79.9. The van der Waals surface area contributed by atoms with Crippen molar-refractivity contribution in [3.8, 4) is 0 Å². The van der Waals surface area contributed by atoms with Gasteiger partial charge in [0.15, 0.2) is 0 Å². The number of nitrogens with zero attached hydrogens (tertiary/aromatic N) is 2. The minimum Gasteiger partial charge on any atom is -0.391 e. The van der Waals surface area contributed by atoms with Gasteiger partial charge in [-0.05, 0) is 67.3 Å². The molecule has 0 spiro atoms. The molecular formula is C16H25BrN2O. The Bertz CT molecular complexity index is 428. The summed E-state index contributed by atoms with van der Waals surface area (Å²) in [6.07, 6.45) is 9.01. The second-order valence-corrected chi connectivity index (χ2v) is 7.20. The number of likely N-dealkylation sites (tertiary alicyclic amines) is 1. The zero-order valence-corrected chi connectivity index (χ0v) is 14.1. The maximum Gasteiger partial charge on any atom is 0.0759 e. The van der Waals surface area contributed by atoms with E-state index in [1.807, 2.05) is 12.3 Å². The first-order valence-electron chi connectivity index (χ1n) is 7.52. The average molecular weight is 341 g/mol. The van der Waals surface area contributed by atoms with Crippen molar-refractivity contribution in [2.75, 3.05) is 13.1 Å². The van der Waals surface area contributed by atoms with E-state index in [4.69, 9.17) is 0 Å². The third-order valence-electron chi connectivity index (χ3n) is 4.43. The van der Waals surface area contributed by atoms with Crippen LogP contribution in [0.15, 0.2) is 22.9 Å². The van der Waals surface area contributed by atoms with E-state index >= 15 is 0 Å². The Kier molecular flexibility index (Phi) is 5.58. The standard InChI is InChI=1S/C16H25BrN2O/c1-16(2,19-7-5-3-4-6-8-19)15(20)10-13-9-14(17)12-18-11-13/h9,11-12,15,20H,3-8,10H2,1-2H3. The number of hydrogen-bond acceptors (Lipinski definition) is 3. The van der Waals surface area contributed by atoms with Crippen molar-refractivity contribution in [2.24, 2.45) is 0 Å². The Morgan fingerprint density at radius 3 is 2.50 bits per heavy atom. The Balaban J connectivity index is 2.03. The van der Waals surface area contributed by atoms with Gasteiger partial charge in [-0.2, -0.15) is 0 Å². The van der Waals surface area contributed by atoms with E-state index in [9.17, 15) is 5.11 Å². The molecule has 0 aromatic carbocycles. The quantitative estimate of drug-likeness (QED) is 0.912. The molecule has 0 bridgehead atoms. The minimum absolute atomic E-state index is 0.188. The predicted molar refractivity (Wildman–Crippen MR) is 85.8 cm³/mol. The number of aliphatic hydroxyl groups excluding tert-OH is 1. The van der Waals surface area contributed by atoms with Crippen molar-refractivity contribution in [2.45, 2.75) is 57.6 Å². The average Bonchev–Trinajstić information content (AvgIpc) is 2.67. The van der Waals surface area contributed by atoms with Gasteiger partial charge in [0.1, 0.15) is 0 Å². The number of rotatable bonds is 4. The van der Waals surface area contributed by atoms with Gasteiger partial charge in [-0.15, -0.1) is 0 Å². The molecule has 1 atom stereocenters. The summed E-state index contributed by atoms with van der Waals surface area (Å²) in [5, 5.41) is 10.7. The van der Waals surface area contributed by atoms with E-state index in [0.717, 1.165) is 23.1 Å². The molecule has 1 aliphatic heterocycles. The van der Waals surface area contributed by atoms with E-state index < -0.39 is 0 Å². The smallest absolute Gasteiger partial charge is 0.0759 e. The molecule has 2 heterocycles. The van der Waals surface area contributed by atoms with Crippen LogP contribution in [-0.4, -0.2) is 39.7 Å². The van der Waals surface area contributed by atoms with Crippen molar-refractivity contribution in [1.82, 2.24) is 9.88 Å². The molecule has 4 heteroatoms.